The third-order valence-corrected chi connectivity index (χ3v) is 6.11. The van der Waals surface area contributed by atoms with Crippen LogP contribution in [0.5, 0.6) is 0 Å². The molecule has 2 atom stereocenters. The maximum atomic E-state index is 13.0. The molecule has 0 N–H and O–H groups in total. The summed E-state index contributed by atoms with van der Waals surface area (Å²) >= 11 is 0. The van der Waals surface area contributed by atoms with E-state index in [9.17, 15) is 14.4 Å². The molecule has 2 aliphatic heterocycles. The van der Waals surface area contributed by atoms with Crippen molar-refractivity contribution in [3.8, 4) is 0 Å². The van der Waals surface area contributed by atoms with Crippen molar-refractivity contribution < 1.29 is 14.4 Å². The van der Waals surface area contributed by atoms with Crippen molar-refractivity contribution in [2.24, 2.45) is 11.8 Å². The number of carbonyl (C=O) groups excluding carboxylic acids is 3. The van der Waals surface area contributed by atoms with Gasteiger partial charge in [0.25, 0.3) is 17.7 Å². The lowest BCUT2D eigenvalue weighted by Crippen LogP contribution is -2.44. The summed E-state index contributed by atoms with van der Waals surface area (Å²) in [7, 11) is 0. The van der Waals surface area contributed by atoms with Crippen molar-refractivity contribution in [1.82, 2.24) is 9.80 Å². The van der Waals surface area contributed by atoms with E-state index in [0.717, 1.165) is 25.4 Å². The van der Waals surface area contributed by atoms with E-state index in [1.165, 1.54) is 36.7 Å². The van der Waals surface area contributed by atoms with E-state index in [2.05, 4.69) is 6.58 Å². The van der Waals surface area contributed by atoms with E-state index in [-0.39, 0.29) is 24.3 Å². The number of rotatable bonds is 3. The number of benzene rings is 1. The lowest BCUT2D eigenvalue weighted by molar-refractivity contribution is 0.0520. The number of hydrogen-bond acceptors (Lipinski definition) is 3. The van der Waals surface area contributed by atoms with Crippen LogP contribution in [0.25, 0.3) is 0 Å². The number of fused-ring (bicyclic) bond motifs is 2. The van der Waals surface area contributed by atoms with Crippen LogP contribution >= 0.6 is 0 Å². The fourth-order valence-corrected chi connectivity index (χ4v) is 4.69. The molecular formula is C21H24N2O3. The molecule has 26 heavy (non-hydrogen) atoms. The highest BCUT2D eigenvalue weighted by atomic mass is 16.2. The van der Waals surface area contributed by atoms with Crippen LogP contribution in [0.15, 0.2) is 30.9 Å². The molecule has 4 rings (SSSR count). The van der Waals surface area contributed by atoms with Gasteiger partial charge >= 0.3 is 0 Å². The first-order chi connectivity index (χ1) is 12.6. The van der Waals surface area contributed by atoms with Gasteiger partial charge in [0.15, 0.2) is 0 Å². The fraction of sp³-hybridized carbons (Fsp3) is 0.476. The second-order valence-electron chi connectivity index (χ2n) is 7.61. The first kappa shape index (κ1) is 17.0. The topological polar surface area (TPSA) is 57.7 Å². The van der Waals surface area contributed by atoms with Crippen LogP contribution in [0.1, 0.15) is 63.2 Å². The number of likely N-dealkylation sites (tertiary alicyclic amines) is 1. The van der Waals surface area contributed by atoms with Gasteiger partial charge in [0.2, 0.25) is 0 Å². The molecule has 0 bridgehead atoms. The Morgan fingerprint density at radius 1 is 1.08 bits per heavy atom. The average Bonchev–Trinajstić information content (AvgIpc) is 2.92. The minimum Gasteiger partial charge on any atom is -0.338 e. The molecule has 0 unspecified atom stereocenters. The van der Waals surface area contributed by atoms with Gasteiger partial charge in [0.1, 0.15) is 0 Å². The summed E-state index contributed by atoms with van der Waals surface area (Å²) in [4.78, 5) is 40.8. The Balaban J connectivity index is 1.54. The molecule has 1 aromatic rings. The summed E-state index contributed by atoms with van der Waals surface area (Å²) in [6.07, 6.45) is 7.69. The normalized spacial score (nSPS) is 25.1. The number of amides is 3. The second kappa shape index (κ2) is 6.71. The summed E-state index contributed by atoms with van der Waals surface area (Å²) in [5, 5.41) is 0. The molecule has 5 nitrogen and oxygen atoms in total. The molecule has 5 heteroatoms. The highest BCUT2D eigenvalue weighted by molar-refractivity contribution is 6.22. The number of imide groups is 1. The fourth-order valence-electron chi connectivity index (χ4n) is 4.69. The van der Waals surface area contributed by atoms with Crippen LogP contribution in [0.4, 0.5) is 0 Å². The zero-order valence-corrected chi connectivity index (χ0v) is 14.9. The summed E-state index contributed by atoms with van der Waals surface area (Å²) < 4.78 is 0. The molecule has 0 spiro atoms. The van der Waals surface area contributed by atoms with Gasteiger partial charge in [-0.1, -0.05) is 25.3 Å². The molecule has 0 radical (unpaired) electrons. The molecule has 3 amide bonds. The molecular weight excluding hydrogens is 328 g/mol. The summed E-state index contributed by atoms with van der Waals surface area (Å²) in [6, 6.07) is 4.88. The maximum absolute atomic E-state index is 13.0. The highest BCUT2D eigenvalue weighted by Crippen LogP contribution is 2.36. The monoisotopic (exact) mass is 352 g/mol. The van der Waals surface area contributed by atoms with Crippen molar-refractivity contribution in [1.29, 1.82) is 0 Å². The van der Waals surface area contributed by atoms with Gasteiger partial charge in [0.05, 0.1) is 11.1 Å². The largest absolute Gasteiger partial charge is 0.338 e. The Labute approximate surface area is 153 Å². The van der Waals surface area contributed by atoms with Gasteiger partial charge in [-0.3, -0.25) is 19.3 Å². The van der Waals surface area contributed by atoms with Crippen LogP contribution in [0, 0.1) is 11.8 Å². The molecule has 3 aliphatic rings. The molecule has 1 saturated carbocycles. The number of nitrogens with zero attached hydrogens (tertiary/aromatic N) is 2. The molecule has 1 saturated heterocycles. The number of piperidine rings is 1. The van der Waals surface area contributed by atoms with Crippen molar-refractivity contribution in [3.63, 3.8) is 0 Å². The van der Waals surface area contributed by atoms with Crippen molar-refractivity contribution >= 4 is 17.7 Å². The van der Waals surface area contributed by atoms with Crippen molar-refractivity contribution in [2.45, 2.75) is 32.1 Å². The lowest BCUT2D eigenvalue weighted by Gasteiger charge is -2.41. The average molecular weight is 352 g/mol. The van der Waals surface area contributed by atoms with Crippen molar-refractivity contribution in [3.05, 3.63) is 47.5 Å². The van der Waals surface area contributed by atoms with E-state index >= 15 is 0 Å². The van der Waals surface area contributed by atoms with Crippen LogP contribution in [0.2, 0.25) is 0 Å². The van der Waals surface area contributed by atoms with E-state index in [4.69, 9.17) is 0 Å². The molecule has 0 aromatic heterocycles. The van der Waals surface area contributed by atoms with E-state index < -0.39 is 0 Å². The van der Waals surface area contributed by atoms with Gasteiger partial charge in [0, 0.05) is 25.2 Å². The summed E-state index contributed by atoms with van der Waals surface area (Å²) in [5.41, 5.74) is 1.20. The SMILES string of the molecule is C=CCN1C(=O)c2ccc(C(=O)N3CC[C@@H]4CCCC[C@H]4C3)cc2C1=O. The first-order valence-electron chi connectivity index (χ1n) is 9.50. The molecule has 1 aliphatic carbocycles. The van der Waals surface area contributed by atoms with Crippen LogP contribution < -0.4 is 0 Å². The molecule has 2 fully saturated rings. The molecule has 2 heterocycles. The highest BCUT2D eigenvalue weighted by Gasteiger charge is 2.37. The minimum absolute atomic E-state index is 0.0285. The van der Waals surface area contributed by atoms with E-state index in [1.807, 2.05) is 4.90 Å². The summed E-state index contributed by atoms with van der Waals surface area (Å²) in [6.45, 7) is 5.37. The van der Waals surface area contributed by atoms with Crippen LogP contribution in [-0.4, -0.2) is 47.2 Å². The number of hydrogen-bond donors (Lipinski definition) is 0. The minimum atomic E-state index is -0.342. The quantitative estimate of drug-likeness (QED) is 0.620. The number of carbonyl (C=O) groups is 3. The van der Waals surface area contributed by atoms with Gasteiger partial charge in [-0.2, -0.15) is 0 Å². The first-order valence-corrected chi connectivity index (χ1v) is 9.50. The molecule has 136 valence electrons. The Hall–Kier alpha value is -2.43. The third-order valence-electron chi connectivity index (χ3n) is 6.11. The van der Waals surface area contributed by atoms with E-state index in [0.29, 0.717) is 22.6 Å². The van der Waals surface area contributed by atoms with Gasteiger partial charge in [-0.15, -0.1) is 6.58 Å². The van der Waals surface area contributed by atoms with Gasteiger partial charge in [-0.25, -0.2) is 0 Å². The Morgan fingerprint density at radius 3 is 2.58 bits per heavy atom. The van der Waals surface area contributed by atoms with Gasteiger partial charge in [-0.05, 0) is 42.9 Å². The Morgan fingerprint density at radius 2 is 1.81 bits per heavy atom. The lowest BCUT2D eigenvalue weighted by atomic mass is 9.75. The van der Waals surface area contributed by atoms with Crippen LogP contribution in [0.3, 0.4) is 0 Å². The zero-order valence-electron chi connectivity index (χ0n) is 14.9. The van der Waals surface area contributed by atoms with E-state index in [1.54, 1.807) is 18.2 Å². The van der Waals surface area contributed by atoms with Crippen molar-refractivity contribution in [2.75, 3.05) is 19.6 Å². The van der Waals surface area contributed by atoms with Gasteiger partial charge < -0.3 is 4.90 Å². The zero-order chi connectivity index (χ0) is 18.3. The Kier molecular flexibility index (Phi) is 4.39. The molecule has 1 aromatic carbocycles. The predicted molar refractivity (Wildman–Crippen MR) is 98.0 cm³/mol. The maximum Gasteiger partial charge on any atom is 0.261 e. The Bertz CT molecular complexity index is 785. The third kappa shape index (κ3) is 2.75. The smallest absolute Gasteiger partial charge is 0.261 e. The second-order valence-corrected chi connectivity index (χ2v) is 7.61. The standard InChI is InChI=1S/C21H24N2O3/c1-2-10-23-20(25)17-8-7-15(12-18(17)21(23)26)19(24)22-11-9-14-5-3-4-6-16(14)13-22/h2,7-8,12,14,16H,1,3-6,9-11,13H2/t14-,16-/m0/s1. The predicted octanol–water partition coefficient (Wildman–Crippen LogP) is 3.12. The van der Waals surface area contributed by atoms with Crippen LogP contribution in [-0.2, 0) is 0 Å². The summed E-state index contributed by atoms with van der Waals surface area (Å²) in [5.74, 6) is 0.693.